The molecule has 0 atom stereocenters. The number of amides is 2. The van der Waals surface area contributed by atoms with E-state index < -0.39 is 21.9 Å². The first-order chi connectivity index (χ1) is 13.3. The summed E-state index contributed by atoms with van der Waals surface area (Å²) in [5.74, 6) is -0.412. The molecule has 0 spiro atoms. The van der Waals surface area contributed by atoms with Gasteiger partial charge in [0.15, 0.2) is 0 Å². The summed E-state index contributed by atoms with van der Waals surface area (Å²) in [4.78, 5) is 16.1. The van der Waals surface area contributed by atoms with Crippen molar-refractivity contribution in [2.45, 2.75) is 18.4 Å². The SMILES string of the molecule is Cc1ccc(S(=O)(=O)N(Cc2ccc(F)cc2)C(=O)N2CC[NH+](C)CC2)cc1. The van der Waals surface area contributed by atoms with Crippen LogP contribution in [0.3, 0.4) is 0 Å². The number of rotatable bonds is 4. The van der Waals surface area contributed by atoms with Crippen LogP contribution in [0, 0.1) is 12.7 Å². The van der Waals surface area contributed by atoms with Crippen molar-refractivity contribution < 1.29 is 22.5 Å². The Morgan fingerprint density at radius 2 is 1.64 bits per heavy atom. The number of carbonyl (C=O) groups excluding carboxylic acids is 1. The Hall–Kier alpha value is -2.45. The zero-order valence-electron chi connectivity index (χ0n) is 16.1. The molecule has 6 nitrogen and oxygen atoms in total. The lowest BCUT2D eigenvalue weighted by Gasteiger charge is -2.34. The Morgan fingerprint density at radius 1 is 1.07 bits per heavy atom. The van der Waals surface area contributed by atoms with E-state index in [9.17, 15) is 17.6 Å². The van der Waals surface area contributed by atoms with Crippen molar-refractivity contribution >= 4 is 16.1 Å². The molecule has 8 heteroatoms. The molecular formula is C20H25FN3O3S+. The van der Waals surface area contributed by atoms with Gasteiger partial charge in [0.05, 0.1) is 44.7 Å². The van der Waals surface area contributed by atoms with Gasteiger partial charge in [-0.15, -0.1) is 0 Å². The summed E-state index contributed by atoms with van der Waals surface area (Å²) in [7, 11) is -2.00. The number of sulfonamides is 1. The molecule has 0 aliphatic carbocycles. The highest BCUT2D eigenvalue weighted by atomic mass is 32.2. The largest absolute Gasteiger partial charge is 0.334 e. The number of piperazine rings is 1. The number of hydrogen-bond acceptors (Lipinski definition) is 3. The second-order valence-electron chi connectivity index (χ2n) is 7.18. The van der Waals surface area contributed by atoms with Gasteiger partial charge in [-0.25, -0.2) is 21.9 Å². The average molecular weight is 407 g/mol. The van der Waals surface area contributed by atoms with Gasteiger partial charge in [-0.1, -0.05) is 29.8 Å². The van der Waals surface area contributed by atoms with Gasteiger partial charge >= 0.3 is 6.03 Å². The highest BCUT2D eigenvalue weighted by Gasteiger charge is 2.34. The van der Waals surface area contributed by atoms with Gasteiger partial charge in [0.1, 0.15) is 5.82 Å². The standard InChI is InChI=1S/C20H24FN3O3S/c1-16-3-9-19(10-4-16)28(26,27)24(15-17-5-7-18(21)8-6-17)20(25)23-13-11-22(2)12-14-23/h3-10H,11-15H2,1-2H3/p+1. The van der Waals surface area contributed by atoms with Gasteiger partial charge in [0, 0.05) is 0 Å². The molecule has 1 aliphatic heterocycles. The first kappa shape index (κ1) is 20.3. The third-order valence-corrected chi connectivity index (χ3v) is 6.68. The van der Waals surface area contributed by atoms with Crippen LogP contribution in [0.25, 0.3) is 0 Å². The minimum Gasteiger partial charge on any atom is -0.334 e. The molecule has 1 saturated heterocycles. The summed E-state index contributed by atoms with van der Waals surface area (Å²) in [5.41, 5.74) is 1.47. The van der Waals surface area contributed by atoms with Crippen LogP contribution in [0.5, 0.6) is 0 Å². The van der Waals surface area contributed by atoms with E-state index in [1.54, 1.807) is 17.0 Å². The lowest BCUT2D eigenvalue weighted by Crippen LogP contribution is -3.12. The van der Waals surface area contributed by atoms with Crippen molar-refractivity contribution in [3.63, 3.8) is 0 Å². The molecule has 1 N–H and O–H groups in total. The van der Waals surface area contributed by atoms with Crippen molar-refractivity contribution in [2.75, 3.05) is 33.2 Å². The van der Waals surface area contributed by atoms with Crippen LogP contribution in [0.2, 0.25) is 0 Å². The average Bonchev–Trinajstić information content (AvgIpc) is 2.68. The Morgan fingerprint density at radius 3 is 2.21 bits per heavy atom. The summed E-state index contributed by atoms with van der Waals surface area (Å²) < 4.78 is 40.7. The maximum Gasteiger partial charge on any atom is 0.334 e. The summed E-state index contributed by atoms with van der Waals surface area (Å²) in [6, 6.07) is 11.4. The lowest BCUT2D eigenvalue weighted by atomic mass is 10.2. The molecule has 0 bridgehead atoms. The minimum atomic E-state index is -4.05. The molecular weight excluding hydrogens is 381 g/mol. The number of carbonyl (C=O) groups is 1. The lowest BCUT2D eigenvalue weighted by molar-refractivity contribution is -0.883. The monoisotopic (exact) mass is 406 g/mol. The van der Waals surface area contributed by atoms with Crippen LogP contribution in [0.15, 0.2) is 53.4 Å². The number of likely N-dealkylation sites (N-methyl/N-ethyl adjacent to an activating group) is 1. The van der Waals surface area contributed by atoms with E-state index in [1.165, 1.54) is 41.3 Å². The Labute approximate surface area is 165 Å². The third kappa shape index (κ3) is 4.51. The molecule has 0 unspecified atom stereocenters. The molecule has 0 aromatic heterocycles. The third-order valence-electron chi connectivity index (χ3n) is 4.95. The molecule has 3 rings (SSSR count). The van der Waals surface area contributed by atoms with Gasteiger partial charge in [0.2, 0.25) is 0 Å². The van der Waals surface area contributed by atoms with E-state index in [4.69, 9.17) is 0 Å². The molecule has 2 aromatic carbocycles. The molecule has 0 radical (unpaired) electrons. The number of quaternary nitrogens is 1. The number of benzene rings is 2. The van der Waals surface area contributed by atoms with Crippen molar-refractivity contribution in [1.29, 1.82) is 0 Å². The second-order valence-corrected chi connectivity index (χ2v) is 9.04. The zero-order chi connectivity index (χ0) is 20.3. The maximum absolute atomic E-state index is 13.3. The number of nitrogens with zero attached hydrogens (tertiary/aromatic N) is 2. The first-order valence-corrected chi connectivity index (χ1v) is 10.7. The predicted molar refractivity (Wildman–Crippen MR) is 104 cm³/mol. The van der Waals surface area contributed by atoms with E-state index in [2.05, 4.69) is 0 Å². The predicted octanol–water partition coefficient (Wildman–Crippen LogP) is 1.28. The van der Waals surface area contributed by atoms with Crippen LogP contribution in [-0.4, -0.2) is 56.9 Å². The van der Waals surface area contributed by atoms with E-state index >= 15 is 0 Å². The van der Waals surface area contributed by atoms with Crippen LogP contribution in [0.1, 0.15) is 11.1 Å². The quantitative estimate of drug-likeness (QED) is 0.832. The molecule has 150 valence electrons. The van der Waals surface area contributed by atoms with E-state index in [-0.39, 0.29) is 11.4 Å². The molecule has 1 aliphatic rings. The van der Waals surface area contributed by atoms with Crippen molar-refractivity contribution in [3.05, 3.63) is 65.5 Å². The topological polar surface area (TPSA) is 62.1 Å². The number of hydrogen-bond donors (Lipinski definition) is 1. The fourth-order valence-electron chi connectivity index (χ4n) is 3.09. The normalized spacial score (nSPS) is 15.5. The van der Waals surface area contributed by atoms with Gasteiger partial charge in [-0.3, -0.25) is 0 Å². The summed E-state index contributed by atoms with van der Waals surface area (Å²) >= 11 is 0. The molecule has 28 heavy (non-hydrogen) atoms. The fourth-order valence-corrected chi connectivity index (χ4v) is 4.46. The Balaban J connectivity index is 1.94. The van der Waals surface area contributed by atoms with E-state index in [1.807, 2.05) is 14.0 Å². The number of aryl methyl sites for hydroxylation is 1. The number of urea groups is 1. The maximum atomic E-state index is 13.3. The smallest absolute Gasteiger partial charge is 0.334 e. The van der Waals surface area contributed by atoms with Gasteiger partial charge < -0.3 is 9.80 Å². The zero-order valence-corrected chi connectivity index (χ0v) is 16.9. The van der Waals surface area contributed by atoms with Crippen LogP contribution in [0.4, 0.5) is 9.18 Å². The summed E-state index contributed by atoms with van der Waals surface area (Å²) in [6.45, 7) is 4.24. The summed E-state index contributed by atoms with van der Waals surface area (Å²) in [5, 5.41) is 0. The van der Waals surface area contributed by atoms with Gasteiger partial charge in [-0.2, -0.15) is 0 Å². The second kappa shape index (κ2) is 8.28. The van der Waals surface area contributed by atoms with Gasteiger partial charge in [0.25, 0.3) is 10.0 Å². The molecule has 0 saturated carbocycles. The van der Waals surface area contributed by atoms with E-state index in [0.717, 1.165) is 23.0 Å². The summed E-state index contributed by atoms with van der Waals surface area (Å²) in [6.07, 6.45) is 0. The Bertz CT molecular complexity index is 922. The first-order valence-electron chi connectivity index (χ1n) is 9.21. The van der Waals surface area contributed by atoms with Crippen LogP contribution in [-0.2, 0) is 16.6 Å². The van der Waals surface area contributed by atoms with Crippen molar-refractivity contribution in [3.8, 4) is 0 Å². The van der Waals surface area contributed by atoms with Crippen molar-refractivity contribution in [1.82, 2.24) is 9.21 Å². The van der Waals surface area contributed by atoms with Crippen LogP contribution < -0.4 is 4.90 Å². The van der Waals surface area contributed by atoms with Crippen LogP contribution >= 0.6 is 0 Å². The number of nitrogens with one attached hydrogen (secondary N) is 1. The molecule has 1 fully saturated rings. The molecule has 2 aromatic rings. The fraction of sp³-hybridized carbons (Fsp3) is 0.350. The number of halogens is 1. The highest BCUT2D eigenvalue weighted by molar-refractivity contribution is 7.89. The highest BCUT2D eigenvalue weighted by Crippen LogP contribution is 2.21. The molecule has 1 heterocycles. The van der Waals surface area contributed by atoms with Gasteiger partial charge in [-0.05, 0) is 36.8 Å². The van der Waals surface area contributed by atoms with Crippen molar-refractivity contribution in [2.24, 2.45) is 0 Å². The Kier molecular flexibility index (Phi) is 6.00. The van der Waals surface area contributed by atoms with E-state index in [0.29, 0.717) is 18.7 Å². The molecule has 2 amide bonds. The minimum absolute atomic E-state index is 0.0633.